The summed E-state index contributed by atoms with van der Waals surface area (Å²) in [6.07, 6.45) is 2.18. The Kier molecular flexibility index (Phi) is 9.69. The van der Waals surface area contributed by atoms with Crippen LogP contribution in [0.25, 0.3) is 0 Å². The zero-order chi connectivity index (χ0) is 20.5. The highest BCUT2D eigenvalue weighted by molar-refractivity contribution is 8.14. The third kappa shape index (κ3) is 8.15. The second-order valence-corrected chi connectivity index (χ2v) is 9.26. The lowest BCUT2D eigenvalue weighted by Gasteiger charge is -2.39. The van der Waals surface area contributed by atoms with Crippen molar-refractivity contribution in [2.24, 2.45) is 5.41 Å². The molecular formula is C16H27N2O7PS. The number of thioether (sulfide) groups is 1. The molecule has 0 aromatic rings. The van der Waals surface area contributed by atoms with Crippen LogP contribution >= 0.6 is 19.6 Å². The third-order valence-corrected chi connectivity index (χ3v) is 5.81. The van der Waals surface area contributed by atoms with Gasteiger partial charge in [0.2, 0.25) is 16.9 Å². The quantitative estimate of drug-likeness (QED) is 0.327. The number of nitrogens with one attached hydrogen (secondary N) is 2. The molecule has 2 N–H and O–H groups in total. The predicted molar refractivity (Wildman–Crippen MR) is 102 cm³/mol. The van der Waals surface area contributed by atoms with Crippen molar-refractivity contribution in [3.8, 4) is 0 Å². The lowest BCUT2D eigenvalue weighted by atomic mass is 9.87. The van der Waals surface area contributed by atoms with Gasteiger partial charge in [-0.25, -0.2) is 4.57 Å². The molecule has 0 aromatic carbocycles. The Labute approximate surface area is 163 Å². The van der Waals surface area contributed by atoms with Gasteiger partial charge in [0.15, 0.2) is 6.10 Å². The van der Waals surface area contributed by atoms with Crippen molar-refractivity contribution in [1.82, 2.24) is 10.6 Å². The van der Waals surface area contributed by atoms with Gasteiger partial charge in [-0.05, 0) is 13.0 Å². The van der Waals surface area contributed by atoms with Gasteiger partial charge in [0, 0.05) is 37.8 Å². The number of phosphoric ester groups is 1. The van der Waals surface area contributed by atoms with E-state index in [1.807, 2.05) is 0 Å². The first-order valence-electron chi connectivity index (χ1n) is 8.46. The van der Waals surface area contributed by atoms with E-state index < -0.39 is 25.2 Å². The summed E-state index contributed by atoms with van der Waals surface area (Å²) in [6, 6.07) is 0. The van der Waals surface area contributed by atoms with Gasteiger partial charge >= 0.3 is 7.82 Å². The number of carbonyl (C=O) groups is 3. The van der Waals surface area contributed by atoms with Crippen LogP contribution in [0.2, 0.25) is 0 Å². The van der Waals surface area contributed by atoms with Crippen LogP contribution in [0.5, 0.6) is 0 Å². The standard InChI is InChI=1S/C16H27N2O7PS/c1-5-6-13(20)27-10-9-17-12(19)7-8-18-15(21)14-16(2,3)11-24-26(22,23-4)25-14/h5-6,14H,7-11H2,1-4H3,(H,17,19)(H,18,21)/b6-5+/t14-,26?/m0/s1. The molecule has 2 amide bonds. The van der Waals surface area contributed by atoms with Crippen LogP contribution < -0.4 is 10.6 Å². The summed E-state index contributed by atoms with van der Waals surface area (Å²) < 4.78 is 27.1. The Balaban J connectivity index is 2.33. The summed E-state index contributed by atoms with van der Waals surface area (Å²) >= 11 is 1.12. The highest BCUT2D eigenvalue weighted by atomic mass is 32.2. The van der Waals surface area contributed by atoms with E-state index in [0.29, 0.717) is 12.3 Å². The lowest BCUT2D eigenvalue weighted by molar-refractivity contribution is -0.141. The smallest absolute Gasteiger partial charge is 0.355 e. The number of phosphoric acid groups is 1. The molecule has 1 saturated heterocycles. The van der Waals surface area contributed by atoms with Crippen molar-refractivity contribution in [3.63, 3.8) is 0 Å². The minimum atomic E-state index is -3.74. The Hall–Kier alpha value is -1.19. The first kappa shape index (κ1) is 23.8. The van der Waals surface area contributed by atoms with E-state index in [4.69, 9.17) is 13.6 Å². The molecule has 1 unspecified atom stereocenters. The normalized spacial score (nSPS) is 24.5. The van der Waals surface area contributed by atoms with E-state index in [1.54, 1.807) is 26.8 Å². The average molecular weight is 422 g/mol. The molecule has 27 heavy (non-hydrogen) atoms. The van der Waals surface area contributed by atoms with E-state index in [0.717, 1.165) is 11.8 Å². The predicted octanol–water partition coefficient (Wildman–Crippen LogP) is 1.64. The summed E-state index contributed by atoms with van der Waals surface area (Å²) in [5, 5.41) is 5.21. The molecule has 11 heteroatoms. The van der Waals surface area contributed by atoms with Crippen molar-refractivity contribution in [2.75, 3.05) is 32.6 Å². The Morgan fingerprint density at radius 2 is 2.00 bits per heavy atom. The first-order valence-corrected chi connectivity index (χ1v) is 10.9. The highest BCUT2D eigenvalue weighted by Gasteiger charge is 2.48. The van der Waals surface area contributed by atoms with Crippen molar-refractivity contribution in [2.45, 2.75) is 33.3 Å². The lowest BCUT2D eigenvalue weighted by Crippen LogP contribution is -2.50. The average Bonchev–Trinajstić information content (AvgIpc) is 2.61. The second-order valence-electron chi connectivity index (χ2n) is 6.44. The zero-order valence-corrected chi connectivity index (χ0v) is 17.7. The maximum Gasteiger partial charge on any atom is 0.475 e. The van der Waals surface area contributed by atoms with Gasteiger partial charge in [-0.2, -0.15) is 0 Å². The van der Waals surface area contributed by atoms with Gasteiger partial charge in [-0.1, -0.05) is 31.7 Å². The van der Waals surface area contributed by atoms with Gasteiger partial charge in [-0.3, -0.25) is 28.0 Å². The number of amides is 2. The zero-order valence-electron chi connectivity index (χ0n) is 16.0. The van der Waals surface area contributed by atoms with Crippen LogP contribution in [0.15, 0.2) is 12.2 Å². The van der Waals surface area contributed by atoms with E-state index >= 15 is 0 Å². The first-order chi connectivity index (χ1) is 12.6. The van der Waals surface area contributed by atoms with Crippen LogP contribution in [0.3, 0.4) is 0 Å². The largest absolute Gasteiger partial charge is 0.475 e. The maximum atomic E-state index is 12.3. The topological polar surface area (TPSA) is 120 Å². The van der Waals surface area contributed by atoms with E-state index in [-0.39, 0.29) is 30.6 Å². The Morgan fingerprint density at radius 1 is 1.30 bits per heavy atom. The number of hydrogen-bond donors (Lipinski definition) is 2. The molecule has 0 aliphatic carbocycles. The molecule has 9 nitrogen and oxygen atoms in total. The summed E-state index contributed by atoms with van der Waals surface area (Å²) in [4.78, 5) is 35.4. The molecule has 1 heterocycles. The third-order valence-electron chi connectivity index (χ3n) is 3.62. The summed E-state index contributed by atoms with van der Waals surface area (Å²) in [5.41, 5.74) is -0.699. The number of carbonyl (C=O) groups excluding carboxylic acids is 3. The molecular weight excluding hydrogens is 395 g/mol. The van der Waals surface area contributed by atoms with Gasteiger partial charge in [0.25, 0.3) is 0 Å². The highest BCUT2D eigenvalue weighted by Crippen LogP contribution is 2.56. The van der Waals surface area contributed by atoms with Crippen LogP contribution in [0.4, 0.5) is 0 Å². The van der Waals surface area contributed by atoms with Crippen molar-refractivity contribution < 1.29 is 32.5 Å². The van der Waals surface area contributed by atoms with E-state index in [9.17, 15) is 18.9 Å². The fraction of sp³-hybridized carbons (Fsp3) is 0.688. The van der Waals surface area contributed by atoms with Crippen molar-refractivity contribution >= 4 is 36.5 Å². The van der Waals surface area contributed by atoms with Gasteiger partial charge < -0.3 is 10.6 Å². The van der Waals surface area contributed by atoms with Crippen molar-refractivity contribution in [3.05, 3.63) is 12.2 Å². The SMILES string of the molecule is C/C=C/C(=O)SCCNC(=O)CCNC(=O)[C@@H]1OP(=O)(OC)OCC1(C)C. The second kappa shape index (κ2) is 11.0. The summed E-state index contributed by atoms with van der Waals surface area (Å²) in [6.45, 7) is 5.75. The minimum Gasteiger partial charge on any atom is -0.355 e. The molecule has 0 bridgehead atoms. The molecule has 2 atom stereocenters. The van der Waals surface area contributed by atoms with Crippen LogP contribution in [0, 0.1) is 5.41 Å². The van der Waals surface area contributed by atoms with Crippen molar-refractivity contribution in [1.29, 1.82) is 0 Å². The number of allylic oxidation sites excluding steroid dienone is 1. The molecule has 0 spiro atoms. The molecule has 1 aliphatic heterocycles. The maximum absolute atomic E-state index is 12.3. The molecule has 0 radical (unpaired) electrons. The number of hydrogen-bond acceptors (Lipinski definition) is 8. The molecule has 0 saturated carbocycles. The number of rotatable bonds is 9. The van der Waals surface area contributed by atoms with Crippen LogP contribution in [0.1, 0.15) is 27.2 Å². The Bertz CT molecular complexity index is 624. The van der Waals surface area contributed by atoms with E-state index in [1.165, 1.54) is 13.2 Å². The summed E-state index contributed by atoms with van der Waals surface area (Å²) in [7, 11) is -2.56. The molecule has 0 aromatic heterocycles. The molecule has 1 rings (SSSR count). The minimum absolute atomic E-state index is 0.0420. The fourth-order valence-electron chi connectivity index (χ4n) is 2.13. The van der Waals surface area contributed by atoms with Gasteiger partial charge in [-0.15, -0.1) is 0 Å². The van der Waals surface area contributed by atoms with Crippen LogP contribution in [-0.2, 0) is 32.5 Å². The van der Waals surface area contributed by atoms with Gasteiger partial charge in [0.05, 0.1) is 6.61 Å². The Morgan fingerprint density at radius 3 is 2.63 bits per heavy atom. The van der Waals surface area contributed by atoms with E-state index in [2.05, 4.69) is 10.6 Å². The fourth-order valence-corrected chi connectivity index (χ4v) is 4.15. The molecule has 1 aliphatic rings. The molecule has 1 fully saturated rings. The van der Waals surface area contributed by atoms with Crippen LogP contribution in [-0.4, -0.2) is 55.6 Å². The van der Waals surface area contributed by atoms with Gasteiger partial charge in [0.1, 0.15) is 0 Å². The molecule has 154 valence electrons. The summed E-state index contributed by atoms with van der Waals surface area (Å²) in [5.74, 6) is -0.262. The monoisotopic (exact) mass is 422 g/mol.